The Hall–Kier alpha value is -1.94. The molecule has 9 heteroatoms. The number of ether oxygens (including phenoxy) is 1. The SMILES string of the molecule is Cc1cc(-c2cncnc2)cc(C2CN(S(=O)(=O)N(C)C)CCO2)n1. The van der Waals surface area contributed by atoms with Crippen LogP contribution >= 0.6 is 0 Å². The van der Waals surface area contributed by atoms with Crippen molar-refractivity contribution in [2.45, 2.75) is 13.0 Å². The van der Waals surface area contributed by atoms with Crippen molar-refractivity contribution < 1.29 is 13.2 Å². The molecular weight excluding hydrogens is 342 g/mol. The van der Waals surface area contributed by atoms with Crippen LogP contribution in [-0.4, -0.2) is 65.8 Å². The van der Waals surface area contributed by atoms with Crippen molar-refractivity contribution in [1.29, 1.82) is 0 Å². The molecule has 0 radical (unpaired) electrons. The Morgan fingerprint density at radius 1 is 1.20 bits per heavy atom. The first kappa shape index (κ1) is 17.9. The molecule has 1 aliphatic rings. The maximum atomic E-state index is 12.4. The van der Waals surface area contributed by atoms with E-state index in [0.717, 1.165) is 16.8 Å². The molecule has 3 rings (SSSR count). The quantitative estimate of drug-likeness (QED) is 0.806. The van der Waals surface area contributed by atoms with E-state index in [-0.39, 0.29) is 6.54 Å². The zero-order chi connectivity index (χ0) is 18.0. The molecule has 0 spiro atoms. The molecule has 1 saturated heterocycles. The summed E-state index contributed by atoms with van der Waals surface area (Å²) >= 11 is 0. The van der Waals surface area contributed by atoms with Crippen molar-refractivity contribution in [3.05, 3.63) is 42.2 Å². The third kappa shape index (κ3) is 3.84. The van der Waals surface area contributed by atoms with Gasteiger partial charge in [-0.2, -0.15) is 17.0 Å². The van der Waals surface area contributed by atoms with Crippen molar-refractivity contribution in [1.82, 2.24) is 23.6 Å². The maximum Gasteiger partial charge on any atom is 0.281 e. The van der Waals surface area contributed by atoms with Gasteiger partial charge in [0.1, 0.15) is 12.4 Å². The molecule has 0 aliphatic carbocycles. The van der Waals surface area contributed by atoms with E-state index in [1.165, 1.54) is 29.0 Å². The zero-order valence-electron chi connectivity index (χ0n) is 14.5. The molecule has 0 N–H and O–H groups in total. The second kappa shape index (κ2) is 7.12. The smallest absolute Gasteiger partial charge is 0.281 e. The highest BCUT2D eigenvalue weighted by molar-refractivity contribution is 7.86. The van der Waals surface area contributed by atoms with Gasteiger partial charge < -0.3 is 4.74 Å². The monoisotopic (exact) mass is 363 g/mol. The fraction of sp³-hybridized carbons (Fsp3) is 0.438. The molecule has 1 aliphatic heterocycles. The normalized spacial score (nSPS) is 19.3. The van der Waals surface area contributed by atoms with Crippen LogP contribution in [0.2, 0.25) is 0 Å². The second-order valence-electron chi connectivity index (χ2n) is 6.06. The summed E-state index contributed by atoms with van der Waals surface area (Å²) in [5, 5.41) is 0. The minimum absolute atomic E-state index is 0.238. The number of nitrogens with zero attached hydrogens (tertiary/aromatic N) is 5. The van der Waals surface area contributed by atoms with Crippen molar-refractivity contribution in [3.8, 4) is 11.1 Å². The average Bonchev–Trinajstić information content (AvgIpc) is 2.62. The number of aromatic nitrogens is 3. The van der Waals surface area contributed by atoms with Crippen LogP contribution in [0.15, 0.2) is 30.9 Å². The van der Waals surface area contributed by atoms with Gasteiger partial charge in [0.15, 0.2) is 0 Å². The fourth-order valence-corrected chi connectivity index (χ4v) is 3.81. The van der Waals surface area contributed by atoms with E-state index in [2.05, 4.69) is 15.0 Å². The molecule has 3 heterocycles. The van der Waals surface area contributed by atoms with Gasteiger partial charge in [-0.15, -0.1) is 0 Å². The van der Waals surface area contributed by atoms with E-state index in [0.29, 0.717) is 18.8 Å². The first-order chi connectivity index (χ1) is 11.9. The van der Waals surface area contributed by atoms with E-state index in [9.17, 15) is 8.42 Å². The van der Waals surface area contributed by atoms with Crippen molar-refractivity contribution in [2.75, 3.05) is 33.8 Å². The Bertz CT molecular complexity index is 842. The molecule has 25 heavy (non-hydrogen) atoms. The Labute approximate surface area is 147 Å². The van der Waals surface area contributed by atoms with Crippen molar-refractivity contribution in [3.63, 3.8) is 0 Å². The highest BCUT2D eigenvalue weighted by atomic mass is 32.2. The van der Waals surface area contributed by atoms with Crippen LogP contribution in [0.4, 0.5) is 0 Å². The third-order valence-corrected chi connectivity index (χ3v) is 5.92. The van der Waals surface area contributed by atoms with Gasteiger partial charge in [0.25, 0.3) is 10.2 Å². The lowest BCUT2D eigenvalue weighted by atomic mass is 10.1. The van der Waals surface area contributed by atoms with Crippen LogP contribution in [0, 0.1) is 6.92 Å². The summed E-state index contributed by atoms with van der Waals surface area (Å²) in [5.41, 5.74) is 3.34. The standard InChI is InChI=1S/C16H21N5O3S/c1-12-6-13(14-8-17-11-18-9-14)7-15(19-12)16-10-21(4-5-24-16)25(22,23)20(2)3/h6-9,11,16H,4-5,10H2,1-3H3. The summed E-state index contributed by atoms with van der Waals surface area (Å²) in [6.07, 6.45) is 4.53. The molecule has 0 saturated carbocycles. The van der Waals surface area contributed by atoms with Gasteiger partial charge in [-0.25, -0.2) is 9.97 Å². The Morgan fingerprint density at radius 3 is 2.60 bits per heavy atom. The predicted molar refractivity (Wildman–Crippen MR) is 92.9 cm³/mol. The lowest BCUT2D eigenvalue weighted by Gasteiger charge is -2.33. The molecule has 0 aromatic carbocycles. The average molecular weight is 363 g/mol. The molecule has 8 nitrogen and oxygen atoms in total. The largest absolute Gasteiger partial charge is 0.369 e. The van der Waals surface area contributed by atoms with E-state index in [1.54, 1.807) is 12.4 Å². The van der Waals surface area contributed by atoms with Crippen LogP contribution in [-0.2, 0) is 14.9 Å². The summed E-state index contributed by atoms with van der Waals surface area (Å²) in [6.45, 7) is 2.80. The molecule has 0 amide bonds. The number of hydrogen-bond acceptors (Lipinski definition) is 6. The van der Waals surface area contributed by atoms with Gasteiger partial charge >= 0.3 is 0 Å². The molecule has 1 unspecified atom stereocenters. The summed E-state index contributed by atoms with van der Waals surface area (Å²) in [5.74, 6) is 0. The summed E-state index contributed by atoms with van der Waals surface area (Å²) < 4.78 is 33.2. The summed E-state index contributed by atoms with van der Waals surface area (Å²) in [6, 6.07) is 3.85. The fourth-order valence-electron chi connectivity index (χ4n) is 2.72. The minimum Gasteiger partial charge on any atom is -0.369 e. The number of hydrogen-bond donors (Lipinski definition) is 0. The van der Waals surface area contributed by atoms with Crippen LogP contribution in [0.1, 0.15) is 17.5 Å². The third-order valence-electron chi connectivity index (χ3n) is 4.01. The van der Waals surface area contributed by atoms with Gasteiger partial charge in [0, 0.05) is 50.8 Å². The first-order valence-electron chi connectivity index (χ1n) is 7.91. The minimum atomic E-state index is -3.47. The van der Waals surface area contributed by atoms with E-state index >= 15 is 0 Å². The summed E-state index contributed by atoms with van der Waals surface area (Å²) in [7, 11) is -0.422. The van der Waals surface area contributed by atoms with E-state index in [1.807, 2.05) is 19.1 Å². The molecule has 2 aromatic rings. The Morgan fingerprint density at radius 2 is 1.92 bits per heavy atom. The Kier molecular flexibility index (Phi) is 5.09. The lowest BCUT2D eigenvalue weighted by molar-refractivity contribution is -0.00626. The molecule has 134 valence electrons. The van der Waals surface area contributed by atoms with E-state index < -0.39 is 16.3 Å². The predicted octanol–water partition coefficient (Wildman–Crippen LogP) is 1.03. The highest BCUT2D eigenvalue weighted by Gasteiger charge is 2.32. The lowest BCUT2D eigenvalue weighted by Crippen LogP contribution is -2.47. The van der Waals surface area contributed by atoms with Crippen LogP contribution in [0.3, 0.4) is 0 Å². The second-order valence-corrected chi connectivity index (χ2v) is 8.20. The number of morpholine rings is 1. The maximum absolute atomic E-state index is 12.4. The molecular formula is C16H21N5O3S. The van der Waals surface area contributed by atoms with Crippen molar-refractivity contribution >= 4 is 10.2 Å². The van der Waals surface area contributed by atoms with Gasteiger partial charge in [-0.1, -0.05) is 0 Å². The van der Waals surface area contributed by atoms with Gasteiger partial charge in [-0.3, -0.25) is 4.98 Å². The van der Waals surface area contributed by atoms with Crippen LogP contribution < -0.4 is 0 Å². The summed E-state index contributed by atoms with van der Waals surface area (Å²) in [4.78, 5) is 12.6. The number of pyridine rings is 1. The first-order valence-corrected chi connectivity index (χ1v) is 9.31. The van der Waals surface area contributed by atoms with Crippen LogP contribution in [0.25, 0.3) is 11.1 Å². The number of rotatable bonds is 4. The molecule has 1 fully saturated rings. The van der Waals surface area contributed by atoms with E-state index in [4.69, 9.17) is 4.74 Å². The van der Waals surface area contributed by atoms with Gasteiger partial charge in [0.05, 0.1) is 12.3 Å². The van der Waals surface area contributed by atoms with Gasteiger partial charge in [-0.05, 0) is 24.6 Å². The molecule has 2 aromatic heterocycles. The Balaban J connectivity index is 1.90. The van der Waals surface area contributed by atoms with Crippen molar-refractivity contribution in [2.24, 2.45) is 0 Å². The molecule has 1 atom stereocenters. The molecule has 0 bridgehead atoms. The number of aryl methyl sites for hydroxylation is 1. The van der Waals surface area contributed by atoms with Gasteiger partial charge in [0.2, 0.25) is 0 Å². The topological polar surface area (TPSA) is 88.5 Å². The highest BCUT2D eigenvalue weighted by Crippen LogP contribution is 2.27. The van der Waals surface area contributed by atoms with Crippen LogP contribution in [0.5, 0.6) is 0 Å². The zero-order valence-corrected chi connectivity index (χ0v) is 15.3.